The zero-order chi connectivity index (χ0) is 27.3. The highest BCUT2D eigenvalue weighted by Gasteiger charge is 2.27. The lowest BCUT2D eigenvalue weighted by Crippen LogP contribution is -2.38. The summed E-state index contributed by atoms with van der Waals surface area (Å²) in [4.78, 5) is 20.8. The van der Waals surface area contributed by atoms with Crippen LogP contribution in [0.25, 0.3) is 0 Å². The maximum Gasteiger partial charge on any atom is 0.264 e. The molecule has 0 bridgehead atoms. The van der Waals surface area contributed by atoms with Crippen molar-refractivity contribution in [3.05, 3.63) is 101 Å². The van der Waals surface area contributed by atoms with E-state index in [-0.39, 0.29) is 21.4 Å². The Morgan fingerprint density at radius 1 is 0.895 bits per heavy atom. The number of amides is 1. The summed E-state index contributed by atoms with van der Waals surface area (Å²) in [6.45, 7) is 1.19. The van der Waals surface area contributed by atoms with Gasteiger partial charge in [0.1, 0.15) is 6.54 Å². The summed E-state index contributed by atoms with van der Waals surface area (Å²) in [5.41, 5.74) is 1.18. The molecule has 0 aliphatic rings. The Labute approximate surface area is 229 Å². The molecular formula is C25H22BrN5O5S2. The number of aryl methyl sites for hydroxylation is 1. The smallest absolute Gasteiger partial charge is 0.264 e. The number of carbonyl (C=O) groups is 1. The van der Waals surface area contributed by atoms with Gasteiger partial charge in [0.2, 0.25) is 11.9 Å². The Kier molecular flexibility index (Phi) is 8.09. The van der Waals surface area contributed by atoms with Crippen molar-refractivity contribution >= 4 is 59.2 Å². The van der Waals surface area contributed by atoms with E-state index in [1.807, 2.05) is 0 Å². The van der Waals surface area contributed by atoms with E-state index < -0.39 is 32.5 Å². The first-order valence-electron chi connectivity index (χ1n) is 11.1. The molecule has 0 saturated carbocycles. The molecule has 3 aromatic carbocycles. The number of nitrogens with one attached hydrogen (secondary N) is 2. The number of carbonyl (C=O) groups excluding carboxylic acids is 1. The van der Waals surface area contributed by atoms with E-state index in [2.05, 4.69) is 35.9 Å². The quantitative estimate of drug-likeness (QED) is 0.288. The Morgan fingerprint density at radius 3 is 2.26 bits per heavy atom. The van der Waals surface area contributed by atoms with Gasteiger partial charge in [0.25, 0.3) is 20.0 Å². The summed E-state index contributed by atoms with van der Waals surface area (Å²) >= 11 is 3.34. The number of anilines is 3. The van der Waals surface area contributed by atoms with Gasteiger partial charge in [-0.1, -0.05) is 40.2 Å². The average Bonchev–Trinajstić information content (AvgIpc) is 2.88. The lowest BCUT2D eigenvalue weighted by molar-refractivity contribution is -0.114. The molecule has 0 atom stereocenters. The largest absolute Gasteiger partial charge is 0.325 e. The van der Waals surface area contributed by atoms with Crippen molar-refractivity contribution in [2.45, 2.75) is 16.7 Å². The fourth-order valence-corrected chi connectivity index (χ4v) is 6.16. The van der Waals surface area contributed by atoms with Crippen molar-refractivity contribution in [2.24, 2.45) is 0 Å². The predicted octanol–water partition coefficient (Wildman–Crippen LogP) is 4.18. The van der Waals surface area contributed by atoms with Gasteiger partial charge in [-0.15, -0.1) is 0 Å². The van der Waals surface area contributed by atoms with Crippen LogP contribution < -0.4 is 14.3 Å². The highest BCUT2D eigenvalue weighted by Crippen LogP contribution is 2.26. The number of benzene rings is 3. The van der Waals surface area contributed by atoms with E-state index >= 15 is 0 Å². The molecule has 10 nitrogen and oxygen atoms in total. The molecule has 0 unspecified atom stereocenters. The average molecular weight is 617 g/mol. The molecule has 2 N–H and O–H groups in total. The minimum atomic E-state index is -4.06. The second-order valence-electron chi connectivity index (χ2n) is 8.00. The van der Waals surface area contributed by atoms with Crippen LogP contribution in [-0.2, 0) is 24.8 Å². The second kappa shape index (κ2) is 11.3. The molecule has 0 aliphatic carbocycles. The number of sulfonamides is 2. The number of nitrogens with zero attached hydrogens (tertiary/aromatic N) is 3. The molecule has 4 rings (SSSR count). The molecule has 0 fully saturated rings. The van der Waals surface area contributed by atoms with Gasteiger partial charge in [-0.3, -0.25) is 9.10 Å². The fraction of sp³-hybridized carbons (Fsp3) is 0.0800. The van der Waals surface area contributed by atoms with Gasteiger partial charge in [0, 0.05) is 22.1 Å². The van der Waals surface area contributed by atoms with Gasteiger partial charge in [-0.25, -0.2) is 31.5 Å². The molecule has 1 amide bonds. The van der Waals surface area contributed by atoms with Crippen molar-refractivity contribution in [1.29, 1.82) is 0 Å². The van der Waals surface area contributed by atoms with Crippen molar-refractivity contribution < 1.29 is 21.6 Å². The van der Waals surface area contributed by atoms with Crippen LogP contribution in [0.1, 0.15) is 5.69 Å². The topological polar surface area (TPSA) is 138 Å². The van der Waals surface area contributed by atoms with E-state index in [0.29, 0.717) is 15.9 Å². The lowest BCUT2D eigenvalue weighted by Gasteiger charge is -2.24. The minimum absolute atomic E-state index is 0.0347. The first-order chi connectivity index (χ1) is 18.0. The molecule has 13 heteroatoms. The van der Waals surface area contributed by atoms with Crippen molar-refractivity contribution in [1.82, 2.24) is 9.97 Å². The van der Waals surface area contributed by atoms with Crippen molar-refractivity contribution in [3.8, 4) is 0 Å². The standard InChI is InChI=1S/C25H22BrN5O5S2/c1-18-14-15-27-25(28-18)30-37(33,34)22-12-10-20(11-13-22)29-24(32)17-31(21-7-5-6-19(26)16-21)38(35,36)23-8-3-2-4-9-23/h2-16H,17H2,1H3,(H,29,32)(H,27,28,30). The third kappa shape index (κ3) is 6.54. The molecule has 4 aromatic rings. The predicted molar refractivity (Wildman–Crippen MR) is 148 cm³/mol. The van der Waals surface area contributed by atoms with Crippen molar-refractivity contribution in [3.63, 3.8) is 0 Å². The maximum atomic E-state index is 13.4. The molecular weight excluding hydrogens is 594 g/mol. The van der Waals surface area contributed by atoms with Crippen LogP contribution in [0, 0.1) is 6.92 Å². The molecule has 196 valence electrons. The molecule has 0 spiro atoms. The first-order valence-corrected chi connectivity index (χ1v) is 14.8. The molecule has 0 radical (unpaired) electrons. The van der Waals surface area contributed by atoms with Crippen LogP contribution in [0.2, 0.25) is 0 Å². The summed E-state index contributed by atoms with van der Waals surface area (Å²) in [6, 6.07) is 21.4. The lowest BCUT2D eigenvalue weighted by atomic mass is 10.3. The third-order valence-electron chi connectivity index (χ3n) is 5.18. The van der Waals surface area contributed by atoms with Crippen LogP contribution in [0.4, 0.5) is 17.3 Å². The van der Waals surface area contributed by atoms with E-state index in [9.17, 15) is 21.6 Å². The van der Waals surface area contributed by atoms with E-state index in [4.69, 9.17) is 0 Å². The molecule has 0 saturated heterocycles. The summed E-state index contributed by atoms with van der Waals surface area (Å²) in [5, 5.41) is 2.62. The molecule has 1 aromatic heterocycles. The van der Waals surface area contributed by atoms with Crippen LogP contribution in [0.5, 0.6) is 0 Å². The van der Waals surface area contributed by atoms with E-state index in [0.717, 1.165) is 4.31 Å². The molecule has 0 aliphatic heterocycles. The molecule has 38 heavy (non-hydrogen) atoms. The van der Waals surface area contributed by atoms with Gasteiger partial charge >= 0.3 is 0 Å². The monoisotopic (exact) mass is 615 g/mol. The minimum Gasteiger partial charge on any atom is -0.325 e. The van der Waals surface area contributed by atoms with Crippen LogP contribution in [-0.4, -0.2) is 39.3 Å². The number of hydrogen-bond donors (Lipinski definition) is 2. The van der Waals surface area contributed by atoms with Gasteiger partial charge in [0.05, 0.1) is 15.5 Å². The normalized spacial score (nSPS) is 11.5. The van der Waals surface area contributed by atoms with E-state index in [1.54, 1.807) is 55.5 Å². The van der Waals surface area contributed by atoms with Crippen LogP contribution in [0.15, 0.2) is 105 Å². The van der Waals surface area contributed by atoms with Gasteiger partial charge in [-0.05, 0) is 67.6 Å². The summed E-state index contributed by atoms with van der Waals surface area (Å²) in [5.74, 6) is -0.680. The number of hydrogen-bond acceptors (Lipinski definition) is 7. The highest BCUT2D eigenvalue weighted by molar-refractivity contribution is 9.10. The van der Waals surface area contributed by atoms with Crippen LogP contribution >= 0.6 is 15.9 Å². The van der Waals surface area contributed by atoms with Gasteiger partial charge in [0.15, 0.2) is 0 Å². The number of halogens is 1. The summed E-state index contributed by atoms with van der Waals surface area (Å²) in [7, 11) is -8.03. The number of aromatic nitrogens is 2. The Morgan fingerprint density at radius 2 is 1.61 bits per heavy atom. The zero-order valence-corrected chi connectivity index (χ0v) is 23.2. The van der Waals surface area contributed by atoms with Gasteiger partial charge in [-0.2, -0.15) is 0 Å². The maximum absolute atomic E-state index is 13.4. The second-order valence-corrected chi connectivity index (χ2v) is 12.5. The highest BCUT2D eigenvalue weighted by atomic mass is 79.9. The SMILES string of the molecule is Cc1ccnc(NS(=O)(=O)c2ccc(NC(=O)CN(c3cccc(Br)c3)S(=O)(=O)c3ccccc3)cc2)n1. The Balaban J connectivity index is 1.52. The van der Waals surface area contributed by atoms with Gasteiger partial charge < -0.3 is 5.32 Å². The Bertz CT molecular complexity index is 1670. The summed E-state index contributed by atoms with van der Waals surface area (Å²) < 4.78 is 56.1. The third-order valence-corrected chi connectivity index (χ3v) is 8.81. The van der Waals surface area contributed by atoms with E-state index in [1.165, 1.54) is 42.6 Å². The summed E-state index contributed by atoms with van der Waals surface area (Å²) in [6.07, 6.45) is 1.44. The molecule has 1 heterocycles. The Hall–Kier alpha value is -3.81. The first kappa shape index (κ1) is 27.2. The fourth-order valence-electron chi connectivity index (χ4n) is 3.39. The zero-order valence-electron chi connectivity index (χ0n) is 19.9. The number of rotatable bonds is 9. The van der Waals surface area contributed by atoms with Crippen molar-refractivity contribution in [2.75, 3.05) is 20.9 Å². The van der Waals surface area contributed by atoms with Crippen LogP contribution in [0.3, 0.4) is 0 Å².